The lowest BCUT2D eigenvalue weighted by atomic mass is 9.49. The van der Waals surface area contributed by atoms with Crippen molar-refractivity contribution in [3.05, 3.63) is 0 Å². The van der Waals surface area contributed by atoms with Gasteiger partial charge in [-0.25, -0.2) is 0 Å². The average Bonchev–Trinajstić information content (AvgIpc) is 2.46. The van der Waals surface area contributed by atoms with E-state index in [2.05, 4.69) is 12.2 Å². The minimum Gasteiger partial charge on any atom is -0.353 e. The molecule has 5 rings (SSSR count). The number of hydrogen-bond donors (Lipinski definition) is 1. The van der Waals surface area contributed by atoms with Crippen LogP contribution in [-0.4, -0.2) is 11.9 Å². The molecule has 5 aliphatic rings. The number of nitrogens with one attached hydrogen (secondary N) is 1. The zero-order valence-electron chi connectivity index (χ0n) is 13.6. The molecule has 0 saturated heterocycles. The SMILES string of the molecule is CCC1CCC(NC(=O)C23CC4CC(CC(C4)C2)C3)CC1. The summed E-state index contributed by atoms with van der Waals surface area (Å²) < 4.78 is 0. The van der Waals surface area contributed by atoms with E-state index >= 15 is 0 Å². The van der Waals surface area contributed by atoms with Gasteiger partial charge in [0.1, 0.15) is 0 Å². The molecule has 5 aliphatic carbocycles. The van der Waals surface area contributed by atoms with Crippen molar-refractivity contribution in [1.82, 2.24) is 5.32 Å². The van der Waals surface area contributed by atoms with E-state index in [0.29, 0.717) is 11.9 Å². The maximum atomic E-state index is 13.0. The molecule has 0 atom stereocenters. The fourth-order valence-corrected chi connectivity index (χ4v) is 6.44. The van der Waals surface area contributed by atoms with Gasteiger partial charge in [-0.2, -0.15) is 0 Å². The van der Waals surface area contributed by atoms with Crippen molar-refractivity contribution in [2.75, 3.05) is 0 Å². The van der Waals surface area contributed by atoms with Crippen LogP contribution >= 0.6 is 0 Å². The van der Waals surface area contributed by atoms with E-state index in [-0.39, 0.29) is 5.41 Å². The van der Waals surface area contributed by atoms with Crippen LogP contribution in [-0.2, 0) is 4.79 Å². The molecule has 21 heavy (non-hydrogen) atoms. The molecule has 0 unspecified atom stereocenters. The third kappa shape index (κ3) is 2.53. The van der Waals surface area contributed by atoms with E-state index in [9.17, 15) is 4.79 Å². The van der Waals surface area contributed by atoms with Crippen molar-refractivity contribution in [2.24, 2.45) is 29.1 Å². The molecule has 0 radical (unpaired) electrons. The lowest BCUT2D eigenvalue weighted by Gasteiger charge is -2.56. The number of hydrogen-bond acceptors (Lipinski definition) is 1. The molecule has 4 bridgehead atoms. The third-order valence-corrected chi connectivity index (χ3v) is 7.28. The standard InChI is InChI=1S/C19H31NO/c1-2-13-3-5-17(6-4-13)20-18(21)19-10-14-7-15(11-19)9-16(8-14)12-19/h13-17H,2-12H2,1H3,(H,20,21). The van der Waals surface area contributed by atoms with Gasteiger partial charge < -0.3 is 5.32 Å². The number of rotatable bonds is 3. The van der Waals surface area contributed by atoms with E-state index in [1.165, 1.54) is 70.6 Å². The van der Waals surface area contributed by atoms with E-state index < -0.39 is 0 Å². The Bertz CT molecular complexity index is 373. The van der Waals surface area contributed by atoms with Gasteiger partial charge in [0.2, 0.25) is 5.91 Å². The lowest BCUT2D eigenvalue weighted by Crippen LogP contribution is -2.55. The van der Waals surface area contributed by atoms with Gasteiger partial charge in [-0.3, -0.25) is 4.79 Å². The Labute approximate surface area is 129 Å². The first-order chi connectivity index (χ1) is 10.2. The monoisotopic (exact) mass is 289 g/mol. The van der Waals surface area contributed by atoms with Crippen LogP contribution in [0.2, 0.25) is 0 Å². The van der Waals surface area contributed by atoms with Crippen LogP contribution in [0.4, 0.5) is 0 Å². The zero-order chi connectivity index (χ0) is 14.4. The van der Waals surface area contributed by atoms with Gasteiger partial charge in [-0.15, -0.1) is 0 Å². The van der Waals surface area contributed by atoms with Gasteiger partial charge in [0.05, 0.1) is 0 Å². The van der Waals surface area contributed by atoms with Crippen LogP contribution in [0.25, 0.3) is 0 Å². The van der Waals surface area contributed by atoms with Gasteiger partial charge in [0.25, 0.3) is 0 Å². The van der Waals surface area contributed by atoms with E-state index in [0.717, 1.165) is 23.7 Å². The number of amides is 1. The molecule has 1 N–H and O–H groups in total. The average molecular weight is 289 g/mol. The summed E-state index contributed by atoms with van der Waals surface area (Å²) in [6.45, 7) is 2.30. The Morgan fingerprint density at radius 2 is 1.48 bits per heavy atom. The van der Waals surface area contributed by atoms with Crippen molar-refractivity contribution in [3.8, 4) is 0 Å². The molecule has 0 aromatic rings. The first-order valence-corrected chi connectivity index (χ1v) is 9.48. The molecule has 0 aliphatic heterocycles. The van der Waals surface area contributed by atoms with Crippen LogP contribution in [0.3, 0.4) is 0 Å². The van der Waals surface area contributed by atoms with Crippen LogP contribution < -0.4 is 5.32 Å². The molecule has 0 spiro atoms. The number of carbonyl (C=O) groups is 1. The molecule has 1 amide bonds. The second-order valence-electron chi connectivity index (χ2n) is 8.80. The van der Waals surface area contributed by atoms with Gasteiger partial charge in [-0.1, -0.05) is 13.3 Å². The summed E-state index contributed by atoms with van der Waals surface area (Å²) in [6, 6.07) is 0.480. The Kier molecular flexibility index (Phi) is 3.54. The molecule has 5 fully saturated rings. The topological polar surface area (TPSA) is 29.1 Å². The summed E-state index contributed by atoms with van der Waals surface area (Å²) >= 11 is 0. The van der Waals surface area contributed by atoms with Crippen LogP contribution in [0.15, 0.2) is 0 Å². The van der Waals surface area contributed by atoms with Gasteiger partial charge >= 0.3 is 0 Å². The highest BCUT2D eigenvalue weighted by atomic mass is 16.2. The molecule has 0 aromatic carbocycles. The van der Waals surface area contributed by atoms with Crippen molar-refractivity contribution < 1.29 is 4.79 Å². The van der Waals surface area contributed by atoms with Crippen molar-refractivity contribution in [1.29, 1.82) is 0 Å². The highest BCUT2D eigenvalue weighted by Crippen LogP contribution is 2.60. The molecular formula is C19H31NO. The maximum absolute atomic E-state index is 13.0. The van der Waals surface area contributed by atoms with Crippen molar-refractivity contribution >= 4 is 5.91 Å². The highest BCUT2D eigenvalue weighted by molar-refractivity contribution is 5.83. The number of carbonyl (C=O) groups excluding carboxylic acids is 1. The molecule has 2 nitrogen and oxygen atoms in total. The second-order valence-corrected chi connectivity index (χ2v) is 8.80. The Balaban J connectivity index is 1.39. The summed E-state index contributed by atoms with van der Waals surface area (Å²) in [5, 5.41) is 3.48. The predicted molar refractivity (Wildman–Crippen MR) is 84.8 cm³/mol. The smallest absolute Gasteiger partial charge is 0.226 e. The summed E-state index contributed by atoms with van der Waals surface area (Å²) in [4.78, 5) is 13.0. The molecule has 5 saturated carbocycles. The molecule has 0 heterocycles. The quantitative estimate of drug-likeness (QED) is 0.825. The van der Waals surface area contributed by atoms with Gasteiger partial charge in [0.15, 0.2) is 0 Å². The summed E-state index contributed by atoms with van der Waals surface area (Å²) in [5.41, 5.74) is 0.0519. The predicted octanol–water partition coefficient (Wildman–Crippen LogP) is 4.29. The van der Waals surface area contributed by atoms with Gasteiger partial charge in [-0.05, 0) is 87.9 Å². The van der Waals surface area contributed by atoms with E-state index in [1.807, 2.05) is 0 Å². The lowest BCUT2D eigenvalue weighted by molar-refractivity contribution is -0.147. The third-order valence-electron chi connectivity index (χ3n) is 7.28. The fraction of sp³-hybridized carbons (Fsp3) is 0.947. The summed E-state index contributed by atoms with van der Waals surface area (Å²) in [7, 11) is 0. The molecule has 118 valence electrons. The maximum Gasteiger partial charge on any atom is 0.226 e. The summed E-state index contributed by atoms with van der Waals surface area (Å²) in [5.74, 6) is 3.98. The Morgan fingerprint density at radius 1 is 0.952 bits per heavy atom. The fourth-order valence-electron chi connectivity index (χ4n) is 6.44. The molecule has 0 aromatic heterocycles. The molecular weight excluding hydrogens is 258 g/mol. The molecule has 2 heteroatoms. The van der Waals surface area contributed by atoms with Crippen molar-refractivity contribution in [3.63, 3.8) is 0 Å². The minimum atomic E-state index is 0.0519. The largest absolute Gasteiger partial charge is 0.353 e. The van der Waals surface area contributed by atoms with Crippen LogP contribution in [0.1, 0.15) is 77.6 Å². The summed E-state index contributed by atoms with van der Waals surface area (Å²) in [6.07, 6.45) is 14.3. The van der Waals surface area contributed by atoms with E-state index in [1.54, 1.807) is 0 Å². The Morgan fingerprint density at radius 3 is 1.95 bits per heavy atom. The highest BCUT2D eigenvalue weighted by Gasteiger charge is 2.54. The first-order valence-electron chi connectivity index (χ1n) is 9.48. The van der Waals surface area contributed by atoms with Crippen LogP contribution in [0, 0.1) is 29.1 Å². The minimum absolute atomic E-state index is 0.0519. The Hall–Kier alpha value is -0.530. The second kappa shape index (κ2) is 5.28. The zero-order valence-corrected chi connectivity index (χ0v) is 13.6. The van der Waals surface area contributed by atoms with Gasteiger partial charge in [0, 0.05) is 11.5 Å². The van der Waals surface area contributed by atoms with Crippen molar-refractivity contribution in [2.45, 2.75) is 83.6 Å². The van der Waals surface area contributed by atoms with Crippen LogP contribution in [0.5, 0.6) is 0 Å². The first kappa shape index (κ1) is 14.1. The van der Waals surface area contributed by atoms with E-state index in [4.69, 9.17) is 0 Å². The normalized spacial score (nSPS) is 48.3.